The minimum atomic E-state index is -0.978. The fraction of sp³-hybridized carbons (Fsp3) is 0.348. The molecule has 0 aliphatic heterocycles. The molecule has 0 aliphatic rings. The molecule has 0 spiro atoms. The Labute approximate surface area is 190 Å². The third kappa shape index (κ3) is 6.18. The molecule has 1 aromatic carbocycles. The minimum absolute atomic E-state index is 0.132. The maximum absolute atomic E-state index is 11.3. The second kappa shape index (κ2) is 11.4. The van der Waals surface area contributed by atoms with E-state index in [0.717, 1.165) is 10.4 Å². The first-order valence-corrected chi connectivity index (χ1v) is 11.2. The molecule has 1 unspecified atom stereocenters. The highest BCUT2D eigenvalue weighted by Gasteiger charge is 2.20. The van der Waals surface area contributed by atoms with E-state index in [1.54, 1.807) is 30.4 Å². The van der Waals surface area contributed by atoms with Gasteiger partial charge in [-0.3, -0.25) is 0 Å². The minimum Gasteiger partial charge on any atom is -0.487 e. The summed E-state index contributed by atoms with van der Waals surface area (Å²) in [7, 11) is 0. The van der Waals surface area contributed by atoms with Crippen molar-refractivity contribution in [3.8, 4) is 16.5 Å². The molecule has 0 saturated carbocycles. The average Bonchev–Trinajstić information content (AvgIpc) is 3.44. The summed E-state index contributed by atoms with van der Waals surface area (Å²) in [6, 6.07) is 11.1. The summed E-state index contributed by atoms with van der Waals surface area (Å²) in [4.78, 5) is 22.0. The lowest BCUT2D eigenvalue weighted by Gasteiger charge is -2.13. The first-order chi connectivity index (χ1) is 15.5. The number of carboxylic acids is 1. The van der Waals surface area contributed by atoms with E-state index >= 15 is 0 Å². The Morgan fingerprint density at radius 1 is 1.22 bits per heavy atom. The van der Waals surface area contributed by atoms with Crippen molar-refractivity contribution in [1.82, 2.24) is 4.98 Å². The molecule has 9 heteroatoms. The summed E-state index contributed by atoms with van der Waals surface area (Å²) in [6.45, 7) is 6.34. The number of oxime groups is 1. The number of benzene rings is 1. The van der Waals surface area contributed by atoms with Gasteiger partial charge < -0.3 is 23.8 Å². The topological polar surface area (TPSA) is 103 Å². The number of aryl methyl sites for hydroxylation is 1. The number of nitrogens with zero attached hydrogens (tertiary/aromatic N) is 2. The van der Waals surface area contributed by atoms with E-state index in [-0.39, 0.29) is 13.0 Å². The predicted octanol–water partition coefficient (Wildman–Crippen LogP) is 4.56. The van der Waals surface area contributed by atoms with Crippen LogP contribution in [0.3, 0.4) is 0 Å². The van der Waals surface area contributed by atoms with Crippen LogP contribution in [0.1, 0.15) is 30.9 Å². The number of hydrogen-bond donors (Lipinski definition) is 1. The van der Waals surface area contributed by atoms with Gasteiger partial charge in [0, 0.05) is 13.0 Å². The van der Waals surface area contributed by atoms with Gasteiger partial charge in [-0.15, -0.1) is 11.3 Å². The van der Waals surface area contributed by atoms with Crippen molar-refractivity contribution in [3.05, 3.63) is 58.8 Å². The Bertz CT molecular complexity index is 1030. The zero-order valence-electron chi connectivity index (χ0n) is 18.2. The SMILES string of the molecule is CCON=C(COc1ccc(CC(OCC)C(=O)O)cc1)c1nc(-c2cccs2)oc1C. The molecular weight excluding hydrogens is 432 g/mol. The van der Waals surface area contributed by atoms with Gasteiger partial charge in [-0.2, -0.15) is 0 Å². The fourth-order valence-corrected chi connectivity index (χ4v) is 3.61. The highest BCUT2D eigenvalue weighted by molar-refractivity contribution is 7.13. The van der Waals surface area contributed by atoms with Crippen LogP contribution < -0.4 is 4.74 Å². The van der Waals surface area contributed by atoms with E-state index in [1.165, 1.54) is 0 Å². The summed E-state index contributed by atoms with van der Waals surface area (Å²) >= 11 is 1.54. The second-order valence-electron chi connectivity index (χ2n) is 6.78. The first-order valence-electron chi connectivity index (χ1n) is 10.3. The molecule has 1 N–H and O–H groups in total. The van der Waals surface area contributed by atoms with Crippen molar-refractivity contribution in [2.45, 2.75) is 33.3 Å². The Balaban J connectivity index is 1.69. The van der Waals surface area contributed by atoms with Crippen molar-refractivity contribution in [2.75, 3.05) is 19.8 Å². The van der Waals surface area contributed by atoms with Crippen LogP contribution in [0.4, 0.5) is 0 Å². The monoisotopic (exact) mass is 458 g/mol. The summed E-state index contributed by atoms with van der Waals surface area (Å²) in [6.07, 6.45) is -0.589. The molecule has 3 aromatic rings. The van der Waals surface area contributed by atoms with Gasteiger partial charge in [-0.1, -0.05) is 23.4 Å². The summed E-state index contributed by atoms with van der Waals surface area (Å²) in [5.74, 6) is 0.791. The molecule has 0 bridgehead atoms. The standard InChI is InChI=1S/C23H26N2O6S/c1-4-28-19(23(26)27)13-16-8-10-17(11-9-16)29-14-18(25-30-5-2)21-15(3)31-22(24-21)20-7-6-12-32-20/h6-12,19H,4-5,13-14H2,1-3H3,(H,26,27). The van der Waals surface area contributed by atoms with Crippen LogP contribution in [0.25, 0.3) is 10.8 Å². The van der Waals surface area contributed by atoms with E-state index in [9.17, 15) is 9.90 Å². The van der Waals surface area contributed by atoms with Gasteiger partial charge in [0.15, 0.2) is 6.10 Å². The summed E-state index contributed by atoms with van der Waals surface area (Å²) in [5, 5.41) is 15.4. The number of aliphatic carboxylic acids is 1. The van der Waals surface area contributed by atoms with Crippen molar-refractivity contribution in [3.63, 3.8) is 0 Å². The average molecular weight is 459 g/mol. The van der Waals surface area contributed by atoms with Crippen LogP contribution in [0.5, 0.6) is 5.75 Å². The molecule has 0 saturated heterocycles. The lowest BCUT2D eigenvalue weighted by atomic mass is 10.1. The van der Waals surface area contributed by atoms with Gasteiger partial charge in [0.1, 0.15) is 36.1 Å². The number of thiophene rings is 1. The third-order valence-electron chi connectivity index (χ3n) is 4.47. The number of hydrogen-bond acceptors (Lipinski definition) is 8. The molecule has 0 amide bonds. The normalized spacial score (nSPS) is 12.5. The van der Waals surface area contributed by atoms with Crippen molar-refractivity contribution in [2.24, 2.45) is 5.16 Å². The summed E-state index contributed by atoms with van der Waals surface area (Å²) < 4.78 is 17.0. The van der Waals surface area contributed by atoms with Crippen molar-refractivity contribution in [1.29, 1.82) is 0 Å². The molecule has 2 heterocycles. The van der Waals surface area contributed by atoms with Gasteiger partial charge in [-0.05, 0) is 49.9 Å². The number of carbonyl (C=O) groups is 1. The summed E-state index contributed by atoms with van der Waals surface area (Å²) in [5.41, 5.74) is 1.94. The maximum atomic E-state index is 11.3. The molecule has 32 heavy (non-hydrogen) atoms. The molecule has 0 radical (unpaired) electrons. The highest BCUT2D eigenvalue weighted by atomic mass is 32.1. The molecule has 8 nitrogen and oxygen atoms in total. The van der Waals surface area contributed by atoms with Gasteiger partial charge in [0.05, 0.1) is 4.88 Å². The molecule has 0 aliphatic carbocycles. The van der Waals surface area contributed by atoms with Crippen molar-refractivity contribution < 1.29 is 28.6 Å². The zero-order valence-corrected chi connectivity index (χ0v) is 19.1. The van der Waals surface area contributed by atoms with Gasteiger partial charge in [0.25, 0.3) is 0 Å². The fourth-order valence-electron chi connectivity index (χ4n) is 2.96. The van der Waals surface area contributed by atoms with E-state index in [0.29, 0.717) is 42.0 Å². The van der Waals surface area contributed by atoms with Crippen LogP contribution in [0.2, 0.25) is 0 Å². The number of aromatic nitrogens is 1. The molecule has 1 atom stereocenters. The molecule has 0 fully saturated rings. The predicted molar refractivity (Wildman–Crippen MR) is 121 cm³/mol. The third-order valence-corrected chi connectivity index (χ3v) is 5.33. The number of rotatable bonds is 12. The molecular formula is C23H26N2O6S. The number of ether oxygens (including phenoxy) is 2. The Morgan fingerprint density at radius 2 is 2.00 bits per heavy atom. The Morgan fingerprint density at radius 3 is 2.62 bits per heavy atom. The Kier molecular flexibility index (Phi) is 8.41. The van der Waals surface area contributed by atoms with Gasteiger partial charge >= 0.3 is 5.97 Å². The maximum Gasteiger partial charge on any atom is 0.333 e. The molecule has 2 aromatic heterocycles. The van der Waals surface area contributed by atoms with E-state index in [4.69, 9.17) is 18.7 Å². The van der Waals surface area contributed by atoms with Crippen molar-refractivity contribution >= 4 is 23.0 Å². The lowest BCUT2D eigenvalue weighted by Crippen LogP contribution is -2.26. The van der Waals surface area contributed by atoms with E-state index in [2.05, 4.69) is 10.1 Å². The van der Waals surface area contributed by atoms with Crippen LogP contribution in [0, 0.1) is 6.92 Å². The second-order valence-corrected chi connectivity index (χ2v) is 7.72. The van der Waals surface area contributed by atoms with Crippen LogP contribution in [-0.2, 0) is 20.8 Å². The highest BCUT2D eigenvalue weighted by Crippen LogP contribution is 2.26. The lowest BCUT2D eigenvalue weighted by molar-refractivity contribution is -0.149. The van der Waals surface area contributed by atoms with Crippen LogP contribution in [-0.4, -0.2) is 47.7 Å². The number of carboxylic acid groups (broad SMARTS) is 1. The smallest absolute Gasteiger partial charge is 0.333 e. The molecule has 3 rings (SSSR count). The van der Waals surface area contributed by atoms with Gasteiger partial charge in [0.2, 0.25) is 5.89 Å². The van der Waals surface area contributed by atoms with Crippen LogP contribution in [0.15, 0.2) is 51.4 Å². The quantitative estimate of drug-likeness (QED) is 0.313. The number of oxazole rings is 1. The van der Waals surface area contributed by atoms with Crippen LogP contribution >= 0.6 is 11.3 Å². The first kappa shape index (κ1) is 23.5. The Hall–Kier alpha value is -3.17. The largest absolute Gasteiger partial charge is 0.487 e. The van der Waals surface area contributed by atoms with E-state index in [1.807, 2.05) is 43.5 Å². The van der Waals surface area contributed by atoms with Gasteiger partial charge in [-0.25, -0.2) is 9.78 Å². The van der Waals surface area contributed by atoms with E-state index < -0.39 is 12.1 Å². The zero-order chi connectivity index (χ0) is 22.9. The molecule has 170 valence electrons.